The maximum absolute atomic E-state index is 11.8. The van der Waals surface area contributed by atoms with Gasteiger partial charge >= 0.3 is 0 Å². The first kappa shape index (κ1) is 10.2. The summed E-state index contributed by atoms with van der Waals surface area (Å²) in [6.07, 6.45) is 6.76. The average Bonchev–Trinajstić information content (AvgIpc) is 2.93. The molecular formula is C14H13NO2. The molecule has 0 aliphatic carbocycles. The SMILES string of the molecule is C#CC1CC(=O)N(c2ccc3c(c2)CCO3)C1. The van der Waals surface area contributed by atoms with E-state index in [0.717, 1.165) is 24.5 Å². The van der Waals surface area contributed by atoms with Crippen LogP contribution in [0.4, 0.5) is 5.69 Å². The zero-order valence-electron chi connectivity index (χ0n) is 9.48. The van der Waals surface area contributed by atoms with Gasteiger partial charge in [0.2, 0.25) is 5.91 Å². The Morgan fingerprint density at radius 2 is 2.35 bits per heavy atom. The van der Waals surface area contributed by atoms with E-state index in [9.17, 15) is 4.79 Å². The minimum atomic E-state index is 0.0482. The summed E-state index contributed by atoms with van der Waals surface area (Å²) in [5.41, 5.74) is 2.12. The van der Waals surface area contributed by atoms with Gasteiger partial charge in [0.25, 0.3) is 0 Å². The molecule has 3 heteroatoms. The average molecular weight is 227 g/mol. The number of terminal acetylenes is 1. The molecule has 0 radical (unpaired) electrons. The van der Waals surface area contributed by atoms with Crippen LogP contribution in [-0.4, -0.2) is 19.1 Å². The third kappa shape index (κ3) is 1.66. The molecule has 2 aliphatic rings. The van der Waals surface area contributed by atoms with Crippen LogP contribution < -0.4 is 9.64 Å². The predicted molar refractivity (Wildman–Crippen MR) is 64.9 cm³/mol. The third-order valence-electron chi connectivity index (χ3n) is 3.35. The van der Waals surface area contributed by atoms with Crippen molar-refractivity contribution in [1.82, 2.24) is 0 Å². The van der Waals surface area contributed by atoms with Crippen LogP contribution in [-0.2, 0) is 11.2 Å². The molecule has 0 aromatic heterocycles. The number of fused-ring (bicyclic) bond motifs is 1. The molecule has 0 spiro atoms. The van der Waals surface area contributed by atoms with E-state index in [4.69, 9.17) is 11.2 Å². The molecule has 0 saturated carbocycles. The van der Waals surface area contributed by atoms with Gasteiger partial charge in [0.15, 0.2) is 0 Å². The number of nitrogens with zero attached hydrogens (tertiary/aromatic N) is 1. The topological polar surface area (TPSA) is 29.5 Å². The highest BCUT2D eigenvalue weighted by molar-refractivity contribution is 5.96. The van der Waals surface area contributed by atoms with Gasteiger partial charge in [-0.1, -0.05) is 0 Å². The molecule has 1 aromatic carbocycles. The predicted octanol–water partition coefficient (Wildman–Crippen LogP) is 1.61. The molecular weight excluding hydrogens is 214 g/mol. The smallest absolute Gasteiger partial charge is 0.228 e. The molecule has 17 heavy (non-hydrogen) atoms. The number of ether oxygens (including phenoxy) is 1. The van der Waals surface area contributed by atoms with Crippen molar-refractivity contribution in [2.45, 2.75) is 12.8 Å². The maximum Gasteiger partial charge on any atom is 0.228 e. The number of rotatable bonds is 1. The molecule has 1 atom stereocenters. The normalized spacial score (nSPS) is 22.2. The van der Waals surface area contributed by atoms with Gasteiger partial charge in [-0.15, -0.1) is 12.3 Å². The Kier molecular flexibility index (Phi) is 2.29. The number of carbonyl (C=O) groups is 1. The lowest BCUT2D eigenvalue weighted by molar-refractivity contribution is -0.117. The minimum Gasteiger partial charge on any atom is -0.493 e. The number of hydrogen-bond acceptors (Lipinski definition) is 2. The van der Waals surface area contributed by atoms with E-state index in [2.05, 4.69) is 5.92 Å². The zero-order chi connectivity index (χ0) is 11.8. The van der Waals surface area contributed by atoms with E-state index in [0.29, 0.717) is 13.0 Å². The van der Waals surface area contributed by atoms with Crippen LogP contribution in [0.25, 0.3) is 0 Å². The zero-order valence-corrected chi connectivity index (χ0v) is 9.48. The fourth-order valence-electron chi connectivity index (χ4n) is 2.41. The Morgan fingerprint density at radius 1 is 1.47 bits per heavy atom. The lowest BCUT2D eigenvalue weighted by Gasteiger charge is -2.16. The van der Waals surface area contributed by atoms with E-state index >= 15 is 0 Å². The molecule has 2 heterocycles. The highest BCUT2D eigenvalue weighted by Crippen LogP contribution is 2.32. The summed E-state index contributed by atoms with van der Waals surface area (Å²) in [6, 6.07) is 5.91. The maximum atomic E-state index is 11.8. The van der Waals surface area contributed by atoms with E-state index in [-0.39, 0.29) is 11.8 Å². The lowest BCUT2D eigenvalue weighted by Crippen LogP contribution is -2.24. The summed E-state index contributed by atoms with van der Waals surface area (Å²) < 4.78 is 5.45. The van der Waals surface area contributed by atoms with E-state index in [1.54, 1.807) is 4.90 Å². The van der Waals surface area contributed by atoms with Gasteiger partial charge in [-0.2, -0.15) is 0 Å². The van der Waals surface area contributed by atoms with Crippen LogP contribution in [0.5, 0.6) is 5.75 Å². The van der Waals surface area contributed by atoms with Gasteiger partial charge in [0, 0.05) is 31.0 Å². The van der Waals surface area contributed by atoms with Gasteiger partial charge < -0.3 is 9.64 Å². The number of anilines is 1. The molecule has 1 aromatic rings. The quantitative estimate of drug-likeness (QED) is 0.682. The Morgan fingerprint density at radius 3 is 3.12 bits per heavy atom. The Labute approximate surface area is 100 Å². The van der Waals surface area contributed by atoms with Crippen molar-refractivity contribution >= 4 is 11.6 Å². The molecule has 3 nitrogen and oxygen atoms in total. The number of hydrogen-bond donors (Lipinski definition) is 0. The number of benzene rings is 1. The standard InChI is InChI=1S/C14H13NO2/c1-2-10-7-14(16)15(9-10)12-3-4-13-11(8-12)5-6-17-13/h1,3-4,8,10H,5-7,9H2. The Bertz CT molecular complexity index is 515. The van der Waals surface area contributed by atoms with Crippen molar-refractivity contribution in [3.63, 3.8) is 0 Å². The van der Waals surface area contributed by atoms with E-state index in [1.807, 2.05) is 18.2 Å². The summed E-state index contributed by atoms with van der Waals surface area (Å²) in [4.78, 5) is 13.6. The van der Waals surface area contributed by atoms with Gasteiger partial charge in [-0.25, -0.2) is 0 Å². The van der Waals surface area contributed by atoms with Gasteiger partial charge in [0.05, 0.1) is 6.61 Å². The molecule has 1 unspecified atom stereocenters. The first-order chi connectivity index (χ1) is 8.28. The Balaban J connectivity index is 1.90. The Hall–Kier alpha value is -1.95. The van der Waals surface area contributed by atoms with Crippen molar-refractivity contribution in [2.24, 2.45) is 5.92 Å². The van der Waals surface area contributed by atoms with Gasteiger partial charge in [0.1, 0.15) is 5.75 Å². The second-order valence-electron chi connectivity index (χ2n) is 4.46. The van der Waals surface area contributed by atoms with Crippen molar-refractivity contribution in [3.8, 4) is 18.1 Å². The summed E-state index contributed by atoms with van der Waals surface area (Å²) in [7, 11) is 0. The molecule has 0 N–H and O–H groups in total. The molecule has 0 bridgehead atoms. The van der Waals surface area contributed by atoms with Crippen LogP contribution in [0, 0.1) is 18.3 Å². The molecule has 1 saturated heterocycles. The van der Waals surface area contributed by atoms with Crippen LogP contribution in [0.3, 0.4) is 0 Å². The second-order valence-corrected chi connectivity index (χ2v) is 4.46. The van der Waals surface area contributed by atoms with Crippen LogP contribution >= 0.6 is 0 Å². The fourth-order valence-corrected chi connectivity index (χ4v) is 2.41. The minimum absolute atomic E-state index is 0.0482. The van der Waals surface area contributed by atoms with Crippen LogP contribution in [0.1, 0.15) is 12.0 Å². The van der Waals surface area contributed by atoms with Crippen molar-refractivity contribution in [3.05, 3.63) is 23.8 Å². The first-order valence-electron chi connectivity index (χ1n) is 5.80. The largest absolute Gasteiger partial charge is 0.493 e. The van der Waals surface area contributed by atoms with Crippen LogP contribution in [0.2, 0.25) is 0 Å². The van der Waals surface area contributed by atoms with Gasteiger partial charge in [-0.3, -0.25) is 4.79 Å². The lowest BCUT2D eigenvalue weighted by atomic mass is 10.1. The number of amides is 1. The highest BCUT2D eigenvalue weighted by Gasteiger charge is 2.29. The summed E-state index contributed by atoms with van der Waals surface area (Å²) >= 11 is 0. The van der Waals surface area contributed by atoms with Crippen LogP contribution in [0.15, 0.2) is 18.2 Å². The van der Waals surface area contributed by atoms with Crippen molar-refractivity contribution in [1.29, 1.82) is 0 Å². The highest BCUT2D eigenvalue weighted by atomic mass is 16.5. The fraction of sp³-hybridized carbons (Fsp3) is 0.357. The molecule has 3 rings (SSSR count). The first-order valence-corrected chi connectivity index (χ1v) is 5.80. The monoisotopic (exact) mass is 227 g/mol. The molecule has 1 amide bonds. The second kappa shape index (κ2) is 3.81. The van der Waals surface area contributed by atoms with Crippen molar-refractivity contribution < 1.29 is 9.53 Å². The molecule has 1 fully saturated rings. The third-order valence-corrected chi connectivity index (χ3v) is 3.35. The van der Waals surface area contributed by atoms with Crippen molar-refractivity contribution in [2.75, 3.05) is 18.1 Å². The molecule has 86 valence electrons. The summed E-state index contributed by atoms with van der Waals surface area (Å²) in [6.45, 7) is 1.37. The number of carbonyl (C=O) groups excluding carboxylic acids is 1. The summed E-state index contributed by atoms with van der Waals surface area (Å²) in [5.74, 6) is 3.76. The van der Waals surface area contributed by atoms with Gasteiger partial charge in [-0.05, 0) is 23.8 Å². The summed E-state index contributed by atoms with van der Waals surface area (Å²) in [5, 5.41) is 0. The van der Waals surface area contributed by atoms with E-state index < -0.39 is 0 Å². The molecule has 2 aliphatic heterocycles. The van der Waals surface area contributed by atoms with E-state index in [1.165, 1.54) is 5.56 Å².